The number of rotatable bonds is 4. The zero-order chi connectivity index (χ0) is 13.3. The predicted molar refractivity (Wildman–Crippen MR) is 73.8 cm³/mol. The van der Waals surface area contributed by atoms with Gasteiger partial charge in [-0.15, -0.1) is 0 Å². The number of aliphatic hydroxyl groups is 1. The second-order valence-electron chi connectivity index (χ2n) is 4.63. The maximum absolute atomic E-state index is 9.07. The van der Waals surface area contributed by atoms with Crippen LogP contribution in [0.2, 0.25) is 5.02 Å². The molecule has 2 atom stereocenters. The summed E-state index contributed by atoms with van der Waals surface area (Å²) in [6, 6.07) is 5.79. The fraction of sp³-hybridized carbons (Fsp3) is 0.462. The van der Waals surface area contributed by atoms with Gasteiger partial charge in [-0.05, 0) is 32.0 Å². The Morgan fingerprint density at radius 2 is 2.17 bits per heavy atom. The summed E-state index contributed by atoms with van der Waals surface area (Å²) >= 11 is 6.00. The first-order valence-electron chi connectivity index (χ1n) is 6.01. The number of fused-ring (bicyclic) bond motifs is 1. The molecule has 0 aliphatic rings. The summed E-state index contributed by atoms with van der Waals surface area (Å²) in [5.41, 5.74) is 1.95. The molecular weight excluding hydrogens is 250 g/mol. The van der Waals surface area contributed by atoms with Crippen LogP contribution in [0.25, 0.3) is 11.0 Å². The van der Waals surface area contributed by atoms with Crippen molar-refractivity contribution in [2.45, 2.75) is 25.9 Å². The molecule has 1 unspecified atom stereocenters. The smallest absolute Gasteiger partial charge is 0.126 e. The Morgan fingerprint density at radius 3 is 2.83 bits per heavy atom. The van der Waals surface area contributed by atoms with E-state index in [9.17, 15) is 0 Å². The maximum atomic E-state index is 9.07. The Kier molecular flexibility index (Phi) is 3.90. The van der Waals surface area contributed by atoms with Gasteiger partial charge in [-0.3, -0.25) is 0 Å². The number of aromatic nitrogens is 2. The minimum Gasteiger partial charge on any atom is -0.395 e. The summed E-state index contributed by atoms with van der Waals surface area (Å²) in [6.45, 7) is 4.09. The molecule has 0 bridgehead atoms. The lowest BCUT2D eigenvalue weighted by molar-refractivity contribution is 0.241. The number of hydrogen-bond donors (Lipinski definition) is 2. The van der Waals surface area contributed by atoms with Crippen molar-refractivity contribution in [2.75, 3.05) is 6.61 Å². The molecule has 4 nitrogen and oxygen atoms in total. The lowest BCUT2D eigenvalue weighted by Gasteiger charge is -2.17. The van der Waals surface area contributed by atoms with Crippen molar-refractivity contribution in [2.24, 2.45) is 7.05 Å². The summed E-state index contributed by atoms with van der Waals surface area (Å²) in [6.07, 6.45) is 0. The highest BCUT2D eigenvalue weighted by molar-refractivity contribution is 6.31. The fourth-order valence-electron chi connectivity index (χ4n) is 2.12. The van der Waals surface area contributed by atoms with Gasteiger partial charge in [0.05, 0.1) is 23.7 Å². The third-order valence-corrected chi connectivity index (χ3v) is 3.31. The molecule has 0 amide bonds. The molecule has 2 N–H and O–H groups in total. The average molecular weight is 268 g/mol. The number of halogens is 1. The number of hydrogen-bond acceptors (Lipinski definition) is 3. The molecule has 0 radical (unpaired) electrons. The highest BCUT2D eigenvalue weighted by Gasteiger charge is 2.16. The number of benzene rings is 1. The molecule has 0 saturated heterocycles. The first-order chi connectivity index (χ1) is 8.52. The predicted octanol–water partition coefficient (Wildman–Crippen LogP) is 2.26. The topological polar surface area (TPSA) is 50.1 Å². The molecule has 1 aromatic carbocycles. The highest BCUT2D eigenvalue weighted by atomic mass is 35.5. The van der Waals surface area contributed by atoms with E-state index in [1.807, 2.05) is 43.7 Å². The van der Waals surface area contributed by atoms with Gasteiger partial charge in [0.1, 0.15) is 5.82 Å². The number of nitrogens with one attached hydrogen (secondary N) is 1. The van der Waals surface area contributed by atoms with Crippen molar-refractivity contribution in [1.82, 2.24) is 14.9 Å². The Morgan fingerprint density at radius 1 is 1.44 bits per heavy atom. The Labute approximate surface area is 112 Å². The second-order valence-corrected chi connectivity index (χ2v) is 5.07. The van der Waals surface area contributed by atoms with Gasteiger partial charge in [0.2, 0.25) is 0 Å². The first-order valence-corrected chi connectivity index (χ1v) is 6.39. The van der Waals surface area contributed by atoms with Crippen LogP contribution in [0.15, 0.2) is 18.2 Å². The molecular formula is C13H18ClN3O. The summed E-state index contributed by atoms with van der Waals surface area (Å²) in [5, 5.41) is 13.1. The van der Waals surface area contributed by atoms with E-state index in [1.54, 1.807) is 0 Å². The van der Waals surface area contributed by atoms with Gasteiger partial charge in [0, 0.05) is 18.1 Å². The van der Waals surface area contributed by atoms with Gasteiger partial charge in [0.25, 0.3) is 0 Å². The third-order valence-electron chi connectivity index (χ3n) is 3.07. The molecule has 1 heterocycles. The molecule has 1 aromatic heterocycles. The summed E-state index contributed by atoms with van der Waals surface area (Å²) in [5.74, 6) is 0.938. The summed E-state index contributed by atoms with van der Waals surface area (Å²) in [7, 11) is 1.97. The van der Waals surface area contributed by atoms with Crippen LogP contribution in [0.5, 0.6) is 0 Å². The van der Waals surface area contributed by atoms with E-state index in [4.69, 9.17) is 16.7 Å². The lowest BCUT2D eigenvalue weighted by atomic mass is 10.2. The van der Waals surface area contributed by atoms with Gasteiger partial charge in [0.15, 0.2) is 0 Å². The Balaban J connectivity index is 2.36. The highest BCUT2D eigenvalue weighted by Crippen LogP contribution is 2.22. The molecule has 0 fully saturated rings. The molecule has 0 saturated carbocycles. The van der Waals surface area contributed by atoms with E-state index in [0.717, 1.165) is 16.9 Å². The molecule has 5 heteroatoms. The fourth-order valence-corrected chi connectivity index (χ4v) is 2.29. The van der Waals surface area contributed by atoms with Crippen LogP contribution in [-0.4, -0.2) is 27.3 Å². The second kappa shape index (κ2) is 5.26. The van der Waals surface area contributed by atoms with Gasteiger partial charge in [-0.25, -0.2) is 4.98 Å². The standard InChI is InChI=1S/C13H18ClN3O/c1-8(7-18)15-9(2)13-16-11-5-4-10(14)6-12(11)17(13)3/h4-6,8-9,15,18H,7H2,1-3H3/t8-,9?/m1/s1. The minimum absolute atomic E-state index is 0.0448. The SMILES string of the molecule is CC(N[C@H](C)CO)c1nc2ccc(Cl)cc2n1C. The van der Waals surface area contributed by atoms with Gasteiger partial charge >= 0.3 is 0 Å². The van der Waals surface area contributed by atoms with Gasteiger partial charge in [-0.2, -0.15) is 0 Å². The van der Waals surface area contributed by atoms with Crippen molar-refractivity contribution in [3.05, 3.63) is 29.0 Å². The summed E-state index contributed by atoms with van der Waals surface area (Å²) < 4.78 is 2.03. The van der Waals surface area contributed by atoms with E-state index in [-0.39, 0.29) is 18.7 Å². The number of imidazole rings is 1. The minimum atomic E-state index is 0.0448. The van der Waals surface area contributed by atoms with E-state index in [0.29, 0.717) is 5.02 Å². The molecule has 2 aromatic rings. The molecule has 0 spiro atoms. The van der Waals surface area contributed by atoms with E-state index in [2.05, 4.69) is 10.3 Å². The molecule has 0 aliphatic carbocycles. The van der Waals surface area contributed by atoms with Crippen molar-refractivity contribution in [3.8, 4) is 0 Å². The summed E-state index contributed by atoms with van der Waals surface area (Å²) in [4.78, 5) is 4.60. The normalized spacial score (nSPS) is 14.9. The molecule has 98 valence electrons. The van der Waals surface area contributed by atoms with Crippen LogP contribution in [0.3, 0.4) is 0 Å². The van der Waals surface area contributed by atoms with E-state index in [1.165, 1.54) is 0 Å². The van der Waals surface area contributed by atoms with Gasteiger partial charge in [-0.1, -0.05) is 11.6 Å². The molecule has 18 heavy (non-hydrogen) atoms. The Bertz CT molecular complexity index is 552. The quantitative estimate of drug-likeness (QED) is 0.893. The third kappa shape index (κ3) is 2.51. The van der Waals surface area contributed by atoms with Crippen molar-refractivity contribution in [1.29, 1.82) is 0 Å². The first kappa shape index (κ1) is 13.3. The van der Waals surface area contributed by atoms with Crippen LogP contribution in [0.1, 0.15) is 25.7 Å². The zero-order valence-electron chi connectivity index (χ0n) is 10.8. The van der Waals surface area contributed by atoms with Crippen LogP contribution >= 0.6 is 11.6 Å². The van der Waals surface area contributed by atoms with Crippen molar-refractivity contribution >= 4 is 22.6 Å². The average Bonchev–Trinajstić information content (AvgIpc) is 2.66. The monoisotopic (exact) mass is 267 g/mol. The van der Waals surface area contributed by atoms with Crippen LogP contribution in [-0.2, 0) is 7.05 Å². The zero-order valence-corrected chi connectivity index (χ0v) is 11.6. The van der Waals surface area contributed by atoms with Crippen LogP contribution in [0, 0.1) is 0 Å². The van der Waals surface area contributed by atoms with Crippen molar-refractivity contribution in [3.63, 3.8) is 0 Å². The number of aryl methyl sites for hydroxylation is 1. The lowest BCUT2D eigenvalue weighted by Crippen LogP contribution is -2.32. The van der Waals surface area contributed by atoms with Crippen LogP contribution in [0.4, 0.5) is 0 Å². The Hall–Kier alpha value is -1.10. The van der Waals surface area contributed by atoms with Crippen LogP contribution < -0.4 is 5.32 Å². The molecule has 0 aliphatic heterocycles. The van der Waals surface area contributed by atoms with E-state index < -0.39 is 0 Å². The number of aliphatic hydroxyl groups excluding tert-OH is 1. The maximum Gasteiger partial charge on any atom is 0.126 e. The molecule has 2 rings (SSSR count). The largest absolute Gasteiger partial charge is 0.395 e. The number of nitrogens with zero attached hydrogens (tertiary/aromatic N) is 2. The van der Waals surface area contributed by atoms with E-state index >= 15 is 0 Å². The van der Waals surface area contributed by atoms with Gasteiger partial charge < -0.3 is 15.0 Å². The van der Waals surface area contributed by atoms with Crippen molar-refractivity contribution < 1.29 is 5.11 Å².